The van der Waals surface area contributed by atoms with Crippen molar-refractivity contribution in [3.8, 4) is 5.75 Å². The molecular formula is C25H33N3O3. The number of amides is 3. The SMILES string of the molecule is CNC(=O)CCc1ccc(CC2CCN(C(=O)NCc3ccc(OC)cc3)CC2)cc1. The fourth-order valence-electron chi connectivity index (χ4n) is 3.93. The van der Waals surface area contributed by atoms with Gasteiger partial charge in [0, 0.05) is 33.1 Å². The first-order valence-electron chi connectivity index (χ1n) is 11.0. The minimum atomic E-state index is 0.00902. The Hall–Kier alpha value is -3.02. The van der Waals surface area contributed by atoms with E-state index in [0.717, 1.165) is 50.1 Å². The number of aryl methyl sites for hydroxylation is 1. The summed E-state index contributed by atoms with van der Waals surface area (Å²) < 4.78 is 5.16. The highest BCUT2D eigenvalue weighted by molar-refractivity contribution is 5.75. The number of ether oxygens (including phenoxy) is 1. The van der Waals surface area contributed by atoms with Crippen LogP contribution >= 0.6 is 0 Å². The van der Waals surface area contributed by atoms with Crippen molar-refractivity contribution in [3.05, 3.63) is 65.2 Å². The normalized spacial score (nSPS) is 14.2. The fourth-order valence-corrected chi connectivity index (χ4v) is 3.93. The molecule has 2 aromatic rings. The predicted molar refractivity (Wildman–Crippen MR) is 122 cm³/mol. The Morgan fingerprint density at radius 2 is 1.58 bits per heavy atom. The molecule has 0 unspecified atom stereocenters. The number of hydrogen-bond donors (Lipinski definition) is 2. The van der Waals surface area contributed by atoms with Gasteiger partial charge in [0.1, 0.15) is 5.75 Å². The zero-order valence-corrected chi connectivity index (χ0v) is 18.5. The highest BCUT2D eigenvalue weighted by Crippen LogP contribution is 2.22. The van der Waals surface area contributed by atoms with Crippen LogP contribution in [-0.2, 0) is 24.2 Å². The van der Waals surface area contributed by atoms with Crippen LogP contribution in [0, 0.1) is 5.92 Å². The summed E-state index contributed by atoms with van der Waals surface area (Å²) in [6.07, 6.45) is 4.37. The van der Waals surface area contributed by atoms with Crippen LogP contribution in [0.5, 0.6) is 5.75 Å². The topological polar surface area (TPSA) is 70.7 Å². The number of nitrogens with zero attached hydrogens (tertiary/aromatic N) is 1. The molecule has 0 radical (unpaired) electrons. The number of carbonyl (C=O) groups is 2. The van der Waals surface area contributed by atoms with E-state index in [2.05, 4.69) is 34.9 Å². The summed E-state index contributed by atoms with van der Waals surface area (Å²) in [5, 5.41) is 5.68. The summed E-state index contributed by atoms with van der Waals surface area (Å²) in [6.45, 7) is 2.11. The van der Waals surface area contributed by atoms with Crippen LogP contribution in [0.2, 0.25) is 0 Å². The van der Waals surface area contributed by atoms with Crippen molar-refractivity contribution in [2.24, 2.45) is 5.92 Å². The van der Waals surface area contributed by atoms with Gasteiger partial charge in [-0.05, 0) is 60.4 Å². The summed E-state index contributed by atoms with van der Waals surface area (Å²) >= 11 is 0. The lowest BCUT2D eigenvalue weighted by molar-refractivity contribution is -0.120. The highest BCUT2D eigenvalue weighted by atomic mass is 16.5. The van der Waals surface area contributed by atoms with E-state index in [0.29, 0.717) is 18.9 Å². The first-order valence-corrected chi connectivity index (χ1v) is 11.0. The molecule has 3 rings (SSSR count). The minimum absolute atomic E-state index is 0.00902. The number of carbonyl (C=O) groups excluding carboxylic acids is 2. The number of nitrogens with one attached hydrogen (secondary N) is 2. The number of benzene rings is 2. The molecule has 2 N–H and O–H groups in total. The third kappa shape index (κ3) is 7.02. The molecule has 3 amide bonds. The van der Waals surface area contributed by atoms with Crippen LogP contribution in [0.15, 0.2) is 48.5 Å². The second-order valence-electron chi connectivity index (χ2n) is 8.13. The highest BCUT2D eigenvalue weighted by Gasteiger charge is 2.22. The van der Waals surface area contributed by atoms with Crippen LogP contribution in [0.4, 0.5) is 4.79 Å². The predicted octanol–water partition coefficient (Wildman–Crippen LogP) is 3.54. The monoisotopic (exact) mass is 423 g/mol. The van der Waals surface area contributed by atoms with Crippen LogP contribution in [0.25, 0.3) is 0 Å². The Balaban J connectivity index is 1.38. The van der Waals surface area contributed by atoms with Gasteiger partial charge in [0.15, 0.2) is 0 Å². The molecule has 1 fully saturated rings. The number of likely N-dealkylation sites (tertiary alicyclic amines) is 1. The van der Waals surface area contributed by atoms with Gasteiger partial charge in [0.25, 0.3) is 0 Å². The van der Waals surface area contributed by atoms with Gasteiger partial charge in [-0.25, -0.2) is 4.79 Å². The number of piperidine rings is 1. The first kappa shape index (κ1) is 22.7. The van der Waals surface area contributed by atoms with E-state index in [9.17, 15) is 9.59 Å². The molecule has 0 bridgehead atoms. The molecule has 6 nitrogen and oxygen atoms in total. The zero-order valence-electron chi connectivity index (χ0n) is 18.5. The molecule has 0 aromatic heterocycles. The third-order valence-corrected chi connectivity index (χ3v) is 5.97. The van der Waals surface area contributed by atoms with Crippen molar-refractivity contribution in [1.82, 2.24) is 15.5 Å². The van der Waals surface area contributed by atoms with Crippen LogP contribution < -0.4 is 15.4 Å². The second kappa shape index (κ2) is 11.4. The molecule has 0 aliphatic carbocycles. The molecule has 1 saturated heterocycles. The van der Waals surface area contributed by atoms with Gasteiger partial charge >= 0.3 is 6.03 Å². The van der Waals surface area contributed by atoms with Crippen molar-refractivity contribution in [1.29, 1.82) is 0 Å². The lowest BCUT2D eigenvalue weighted by Crippen LogP contribution is -2.44. The molecule has 6 heteroatoms. The molecule has 1 aliphatic rings. The Morgan fingerprint density at radius 3 is 2.19 bits per heavy atom. The number of rotatable bonds is 8. The average Bonchev–Trinajstić information content (AvgIpc) is 2.82. The van der Waals surface area contributed by atoms with Gasteiger partial charge in [0.2, 0.25) is 5.91 Å². The summed E-state index contributed by atoms with van der Waals surface area (Å²) in [6, 6.07) is 16.3. The molecule has 166 valence electrons. The number of hydrogen-bond acceptors (Lipinski definition) is 3. The fraction of sp³-hybridized carbons (Fsp3) is 0.440. The number of urea groups is 1. The maximum Gasteiger partial charge on any atom is 0.317 e. The molecule has 0 spiro atoms. The largest absolute Gasteiger partial charge is 0.497 e. The van der Waals surface area contributed by atoms with Gasteiger partial charge in [-0.2, -0.15) is 0 Å². The zero-order chi connectivity index (χ0) is 22.1. The van der Waals surface area contributed by atoms with Crippen molar-refractivity contribution in [2.75, 3.05) is 27.2 Å². The van der Waals surface area contributed by atoms with E-state index in [1.807, 2.05) is 29.2 Å². The summed E-state index contributed by atoms with van der Waals surface area (Å²) in [5.41, 5.74) is 3.57. The first-order chi connectivity index (χ1) is 15.1. The van der Waals surface area contributed by atoms with Crippen LogP contribution in [0.1, 0.15) is 36.0 Å². The standard InChI is InChI=1S/C25H33N3O3/c1-26-24(29)12-9-19-3-5-20(6-4-19)17-21-13-15-28(16-14-21)25(30)27-18-22-7-10-23(31-2)11-8-22/h3-8,10-11,21H,9,12-18H2,1-2H3,(H,26,29)(H,27,30). The summed E-state index contributed by atoms with van der Waals surface area (Å²) in [5.74, 6) is 1.49. The van der Waals surface area contributed by atoms with Crippen molar-refractivity contribution < 1.29 is 14.3 Å². The number of methoxy groups -OCH3 is 1. The van der Waals surface area contributed by atoms with Crippen molar-refractivity contribution in [3.63, 3.8) is 0 Å². The van der Waals surface area contributed by atoms with Gasteiger partial charge in [0.05, 0.1) is 7.11 Å². The van der Waals surface area contributed by atoms with Gasteiger partial charge in [-0.1, -0.05) is 36.4 Å². The van der Waals surface area contributed by atoms with E-state index < -0.39 is 0 Å². The Morgan fingerprint density at radius 1 is 0.968 bits per heavy atom. The molecular weight excluding hydrogens is 390 g/mol. The molecule has 1 heterocycles. The molecule has 31 heavy (non-hydrogen) atoms. The van der Waals surface area contributed by atoms with Crippen LogP contribution in [-0.4, -0.2) is 44.1 Å². The van der Waals surface area contributed by atoms with E-state index in [4.69, 9.17) is 4.74 Å². The molecule has 0 saturated carbocycles. The van der Waals surface area contributed by atoms with Crippen molar-refractivity contribution in [2.45, 2.75) is 38.6 Å². The van der Waals surface area contributed by atoms with Crippen molar-refractivity contribution >= 4 is 11.9 Å². The smallest absolute Gasteiger partial charge is 0.317 e. The van der Waals surface area contributed by atoms with Crippen LogP contribution in [0.3, 0.4) is 0 Å². The lowest BCUT2D eigenvalue weighted by atomic mass is 9.90. The summed E-state index contributed by atoms with van der Waals surface area (Å²) in [4.78, 5) is 25.8. The Labute approximate surface area is 185 Å². The third-order valence-electron chi connectivity index (χ3n) is 5.97. The summed E-state index contributed by atoms with van der Waals surface area (Å²) in [7, 11) is 3.31. The minimum Gasteiger partial charge on any atom is -0.497 e. The lowest BCUT2D eigenvalue weighted by Gasteiger charge is -2.32. The maximum atomic E-state index is 12.5. The molecule has 1 aliphatic heterocycles. The van der Waals surface area contributed by atoms with E-state index in [1.54, 1.807) is 14.2 Å². The van der Waals surface area contributed by atoms with E-state index in [-0.39, 0.29) is 11.9 Å². The Kier molecular flexibility index (Phi) is 8.33. The Bertz CT molecular complexity index is 841. The maximum absolute atomic E-state index is 12.5. The van der Waals surface area contributed by atoms with Gasteiger partial charge in [-0.15, -0.1) is 0 Å². The van der Waals surface area contributed by atoms with E-state index >= 15 is 0 Å². The quantitative estimate of drug-likeness (QED) is 0.682. The van der Waals surface area contributed by atoms with Gasteiger partial charge in [-0.3, -0.25) is 4.79 Å². The second-order valence-corrected chi connectivity index (χ2v) is 8.13. The molecule has 2 aromatic carbocycles. The molecule has 0 atom stereocenters. The van der Waals surface area contributed by atoms with E-state index in [1.165, 1.54) is 11.1 Å². The van der Waals surface area contributed by atoms with Gasteiger partial charge < -0.3 is 20.3 Å². The average molecular weight is 424 g/mol.